The minimum absolute atomic E-state index is 0.146. The molecule has 0 bridgehead atoms. The number of halogens is 1. The third-order valence-electron chi connectivity index (χ3n) is 3.13. The van der Waals surface area contributed by atoms with Crippen LogP contribution >= 0.6 is 0 Å². The number of hydrogen-bond acceptors (Lipinski definition) is 3. The summed E-state index contributed by atoms with van der Waals surface area (Å²) in [5, 5.41) is 11.6. The Bertz CT molecular complexity index is 515. The summed E-state index contributed by atoms with van der Waals surface area (Å²) in [5.74, 6) is -2.53. The molecule has 0 saturated carbocycles. The number of nitrogens with one attached hydrogen (secondary N) is 1. The van der Waals surface area contributed by atoms with E-state index in [1.807, 2.05) is 0 Å². The molecule has 1 amide bonds. The zero-order chi connectivity index (χ0) is 16.5. The van der Waals surface area contributed by atoms with Crippen LogP contribution < -0.4 is 5.32 Å². The number of hydrogen-bond donors (Lipinski definition) is 2. The Morgan fingerprint density at radius 3 is 2.55 bits per heavy atom. The van der Waals surface area contributed by atoms with Crippen molar-refractivity contribution in [2.24, 2.45) is 0 Å². The maximum Gasteiger partial charge on any atom is 0.328 e. The molecule has 5 nitrogen and oxygen atoms in total. The molecule has 0 aliphatic heterocycles. The van der Waals surface area contributed by atoms with Crippen molar-refractivity contribution in [3.8, 4) is 0 Å². The molecule has 120 valence electrons. The lowest BCUT2D eigenvalue weighted by molar-refractivity contribution is -0.143. The van der Waals surface area contributed by atoms with Crippen molar-refractivity contribution in [2.75, 3.05) is 13.2 Å². The molecule has 22 heavy (non-hydrogen) atoms. The molecule has 2 atom stereocenters. The molecule has 0 heterocycles. The van der Waals surface area contributed by atoms with E-state index in [1.54, 1.807) is 6.92 Å². The van der Waals surface area contributed by atoms with Crippen LogP contribution in [-0.4, -0.2) is 36.2 Å². The van der Waals surface area contributed by atoms with E-state index in [1.165, 1.54) is 30.3 Å². The number of benzene rings is 1. The maximum absolute atomic E-state index is 12.9. The first-order valence-corrected chi connectivity index (χ1v) is 6.96. The van der Waals surface area contributed by atoms with Crippen LogP contribution in [0, 0.1) is 5.82 Å². The van der Waals surface area contributed by atoms with Crippen molar-refractivity contribution in [3.63, 3.8) is 0 Å². The van der Waals surface area contributed by atoms with E-state index in [0.29, 0.717) is 12.0 Å². The van der Waals surface area contributed by atoms with E-state index in [9.17, 15) is 14.0 Å². The van der Waals surface area contributed by atoms with Gasteiger partial charge in [0.05, 0.1) is 19.1 Å². The van der Waals surface area contributed by atoms with Crippen LogP contribution in [0.1, 0.15) is 24.8 Å². The minimum Gasteiger partial charge on any atom is -0.480 e. The van der Waals surface area contributed by atoms with Gasteiger partial charge in [0, 0.05) is 0 Å². The largest absolute Gasteiger partial charge is 0.480 e. The summed E-state index contributed by atoms with van der Waals surface area (Å²) in [4.78, 5) is 23.4. The lowest BCUT2D eigenvalue weighted by Crippen LogP contribution is -2.45. The molecule has 0 spiro atoms. The fraction of sp³-hybridized carbons (Fsp3) is 0.375. The van der Waals surface area contributed by atoms with Crippen LogP contribution in [0.2, 0.25) is 0 Å². The van der Waals surface area contributed by atoms with Gasteiger partial charge in [0.15, 0.2) is 6.04 Å². The number of ether oxygens (including phenoxy) is 1. The third kappa shape index (κ3) is 5.29. The molecule has 0 aromatic heterocycles. The number of carbonyl (C=O) groups is 2. The van der Waals surface area contributed by atoms with Crippen LogP contribution in [0.25, 0.3) is 0 Å². The second-order valence-electron chi connectivity index (χ2n) is 4.74. The van der Waals surface area contributed by atoms with Gasteiger partial charge < -0.3 is 15.2 Å². The smallest absolute Gasteiger partial charge is 0.328 e. The molecular weight excluding hydrogens is 289 g/mol. The number of carboxylic acids is 1. The Kier molecular flexibility index (Phi) is 7.25. The highest BCUT2D eigenvalue weighted by atomic mass is 19.1. The molecule has 2 N–H and O–H groups in total. The average Bonchev–Trinajstić information content (AvgIpc) is 2.49. The van der Waals surface area contributed by atoms with Crippen molar-refractivity contribution in [1.29, 1.82) is 0 Å². The first-order valence-electron chi connectivity index (χ1n) is 6.96. The lowest BCUT2D eigenvalue weighted by atomic mass is 9.95. The fourth-order valence-corrected chi connectivity index (χ4v) is 1.98. The van der Waals surface area contributed by atoms with Crippen molar-refractivity contribution < 1.29 is 23.8 Å². The third-order valence-corrected chi connectivity index (χ3v) is 3.13. The molecule has 0 saturated heterocycles. The van der Waals surface area contributed by atoms with Crippen LogP contribution in [0.15, 0.2) is 36.9 Å². The van der Waals surface area contributed by atoms with Crippen molar-refractivity contribution in [1.82, 2.24) is 5.32 Å². The first-order chi connectivity index (χ1) is 10.5. The number of carbonyl (C=O) groups excluding carboxylic acids is 1. The Balaban J connectivity index is 2.75. The summed E-state index contributed by atoms with van der Waals surface area (Å²) in [6, 6.07) is 4.45. The SMILES string of the molecule is C=CCOCC(NC(=O)C(CC)c1ccc(F)cc1)C(=O)O. The monoisotopic (exact) mass is 309 g/mol. The summed E-state index contributed by atoms with van der Waals surface area (Å²) in [6.45, 7) is 5.32. The first kappa shape index (κ1) is 17.8. The summed E-state index contributed by atoms with van der Waals surface area (Å²) in [5.41, 5.74) is 0.637. The van der Waals surface area contributed by atoms with Crippen LogP contribution in [0.3, 0.4) is 0 Å². The predicted molar refractivity (Wildman–Crippen MR) is 80.0 cm³/mol. The molecule has 1 aromatic rings. The van der Waals surface area contributed by atoms with Gasteiger partial charge in [0.25, 0.3) is 0 Å². The molecule has 0 aliphatic rings. The van der Waals surface area contributed by atoms with E-state index in [0.717, 1.165) is 0 Å². The predicted octanol–water partition coefficient (Wildman–Crippen LogP) is 2.09. The molecule has 0 radical (unpaired) electrons. The molecular formula is C16H20FNO4. The number of rotatable bonds is 9. The van der Waals surface area contributed by atoms with Gasteiger partial charge >= 0.3 is 5.97 Å². The van der Waals surface area contributed by atoms with E-state index in [2.05, 4.69) is 11.9 Å². The summed E-state index contributed by atoms with van der Waals surface area (Å²) >= 11 is 0. The zero-order valence-electron chi connectivity index (χ0n) is 12.4. The summed E-state index contributed by atoms with van der Waals surface area (Å²) in [7, 11) is 0. The van der Waals surface area contributed by atoms with Crippen LogP contribution in [0.4, 0.5) is 4.39 Å². The highest BCUT2D eigenvalue weighted by molar-refractivity contribution is 5.88. The van der Waals surface area contributed by atoms with Gasteiger partial charge in [0.1, 0.15) is 5.82 Å². The van der Waals surface area contributed by atoms with Crippen molar-refractivity contribution in [3.05, 3.63) is 48.3 Å². The van der Waals surface area contributed by atoms with E-state index in [-0.39, 0.29) is 19.0 Å². The maximum atomic E-state index is 12.9. The normalized spacial score (nSPS) is 13.2. The highest BCUT2D eigenvalue weighted by Gasteiger charge is 2.25. The average molecular weight is 309 g/mol. The Hall–Kier alpha value is -2.21. The fourth-order valence-electron chi connectivity index (χ4n) is 1.98. The van der Waals surface area contributed by atoms with Gasteiger partial charge in [-0.1, -0.05) is 25.1 Å². The van der Waals surface area contributed by atoms with Gasteiger partial charge in [-0.25, -0.2) is 9.18 Å². The van der Waals surface area contributed by atoms with Gasteiger partial charge in [-0.05, 0) is 24.1 Å². The van der Waals surface area contributed by atoms with Gasteiger partial charge in [-0.3, -0.25) is 4.79 Å². The standard InChI is InChI=1S/C16H20FNO4/c1-3-9-22-10-14(16(20)21)18-15(19)13(4-2)11-5-7-12(17)8-6-11/h3,5-8,13-14H,1,4,9-10H2,2H3,(H,18,19)(H,20,21). The number of carboxylic acid groups (broad SMARTS) is 1. The zero-order valence-corrected chi connectivity index (χ0v) is 12.4. The van der Waals surface area contributed by atoms with E-state index in [4.69, 9.17) is 9.84 Å². The molecule has 0 fully saturated rings. The summed E-state index contributed by atoms with van der Waals surface area (Å²) in [6.07, 6.45) is 1.96. The van der Waals surface area contributed by atoms with Crippen LogP contribution in [-0.2, 0) is 14.3 Å². The number of aliphatic carboxylic acids is 1. The second-order valence-corrected chi connectivity index (χ2v) is 4.74. The molecule has 1 aromatic carbocycles. The van der Waals surface area contributed by atoms with Gasteiger partial charge in [-0.2, -0.15) is 0 Å². The van der Waals surface area contributed by atoms with Gasteiger partial charge in [0.2, 0.25) is 5.91 Å². The minimum atomic E-state index is -1.17. The molecule has 6 heteroatoms. The Morgan fingerprint density at radius 2 is 2.05 bits per heavy atom. The molecule has 2 unspecified atom stereocenters. The van der Waals surface area contributed by atoms with Crippen molar-refractivity contribution >= 4 is 11.9 Å². The van der Waals surface area contributed by atoms with E-state index < -0.39 is 23.8 Å². The quantitative estimate of drug-likeness (QED) is 0.541. The molecule has 0 aliphatic carbocycles. The topological polar surface area (TPSA) is 75.6 Å². The summed E-state index contributed by atoms with van der Waals surface area (Å²) < 4.78 is 18.0. The van der Waals surface area contributed by atoms with Crippen molar-refractivity contribution in [2.45, 2.75) is 25.3 Å². The Morgan fingerprint density at radius 1 is 1.41 bits per heavy atom. The van der Waals surface area contributed by atoms with Crippen LogP contribution in [0.5, 0.6) is 0 Å². The Labute approximate surface area is 128 Å². The van der Waals surface area contributed by atoms with E-state index >= 15 is 0 Å². The highest BCUT2D eigenvalue weighted by Crippen LogP contribution is 2.20. The van der Waals surface area contributed by atoms with Gasteiger partial charge in [-0.15, -0.1) is 6.58 Å². The second kappa shape index (κ2) is 8.94. The number of amides is 1. The molecule has 1 rings (SSSR count). The lowest BCUT2D eigenvalue weighted by Gasteiger charge is -2.19.